The molecule has 0 spiro atoms. The second-order valence-corrected chi connectivity index (χ2v) is 2.96. The van der Waals surface area contributed by atoms with Crippen molar-refractivity contribution in [3.63, 3.8) is 0 Å². The van der Waals surface area contributed by atoms with E-state index in [0.29, 0.717) is 0 Å². The fourth-order valence-electron chi connectivity index (χ4n) is 1.10. The molecule has 0 saturated heterocycles. The van der Waals surface area contributed by atoms with Crippen LogP contribution >= 0.6 is 0 Å². The second-order valence-electron chi connectivity index (χ2n) is 2.96. The maximum atomic E-state index is 13.1. The van der Waals surface area contributed by atoms with Gasteiger partial charge in [-0.05, 0) is 12.1 Å². The van der Waals surface area contributed by atoms with E-state index in [1.807, 2.05) is 0 Å². The average Bonchev–Trinajstić information content (AvgIpc) is 2.81. The Bertz CT molecular complexity index is 485. The average molecular weight is 221 g/mol. The number of halogens is 1. The van der Waals surface area contributed by atoms with Crippen molar-refractivity contribution in [3.05, 3.63) is 48.6 Å². The van der Waals surface area contributed by atoms with Gasteiger partial charge < -0.3 is 4.74 Å². The van der Waals surface area contributed by atoms with Crippen LogP contribution in [0, 0.1) is 5.82 Å². The SMILES string of the molecule is O=C(OCc1ncccc1F)n1ccnc1. The molecule has 0 bridgehead atoms. The Morgan fingerprint density at radius 3 is 3.06 bits per heavy atom. The summed E-state index contributed by atoms with van der Waals surface area (Å²) in [6, 6.07) is 2.73. The summed E-state index contributed by atoms with van der Waals surface area (Å²) >= 11 is 0. The van der Waals surface area contributed by atoms with E-state index in [1.165, 1.54) is 37.1 Å². The van der Waals surface area contributed by atoms with E-state index in [2.05, 4.69) is 9.97 Å². The first-order chi connectivity index (χ1) is 7.77. The highest BCUT2D eigenvalue weighted by Crippen LogP contribution is 2.04. The predicted octanol–water partition coefficient (Wildman–Crippen LogP) is 1.60. The standard InChI is InChI=1S/C10H8FN3O2/c11-8-2-1-3-13-9(8)6-16-10(15)14-5-4-12-7-14/h1-5,7H,6H2. The van der Waals surface area contributed by atoms with E-state index < -0.39 is 11.9 Å². The Morgan fingerprint density at radius 2 is 2.38 bits per heavy atom. The van der Waals surface area contributed by atoms with E-state index in [9.17, 15) is 9.18 Å². The van der Waals surface area contributed by atoms with Gasteiger partial charge in [0.05, 0.1) is 0 Å². The topological polar surface area (TPSA) is 57.0 Å². The zero-order chi connectivity index (χ0) is 11.4. The minimum atomic E-state index is -0.623. The molecule has 0 aliphatic carbocycles. The van der Waals surface area contributed by atoms with Crippen molar-refractivity contribution in [1.82, 2.24) is 14.5 Å². The van der Waals surface area contributed by atoms with Crippen LogP contribution in [0.5, 0.6) is 0 Å². The van der Waals surface area contributed by atoms with Crippen LogP contribution in [-0.2, 0) is 11.3 Å². The number of nitrogens with zero attached hydrogens (tertiary/aromatic N) is 3. The smallest absolute Gasteiger partial charge is 0.419 e. The van der Waals surface area contributed by atoms with Crippen molar-refractivity contribution in [2.45, 2.75) is 6.61 Å². The summed E-state index contributed by atoms with van der Waals surface area (Å²) in [6.07, 6.45) is 5.00. The molecule has 16 heavy (non-hydrogen) atoms. The Morgan fingerprint density at radius 1 is 1.50 bits per heavy atom. The van der Waals surface area contributed by atoms with E-state index in [-0.39, 0.29) is 12.3 Å². The molecule has 0 amide bonds. The van der Waals surface area contributed by atoms with Gasteiger partial charge in [0.15, 0.2) is 0 Å². The summed E-state index contributed by atoms with van der Waals surface area (Å²) in [5.41, 5.74) is 0.0935. The maximum absolute atomic E-state index is 13.1. The van der Waals surface area contributed by atoms with Crippen molar-refractivity contribution in [3.8, 4) is 0 Å². The van der Waals surface area contributed by atoms with Gasteiger partial charge in [-0.25, -0.2) is 18.7 Å². The normalized spacial score (nSPS) is 10.1. The number of rotatable bonds is 2. The fourth-order valence-corrected chi connectivity index (χ4v) is 1.10. The summed E-state index contributed by atoms with van der Waals surface area (Å²) < 4.78 is 19.1. The molecule has 0 aliphatic heterocycles. The molecule has 2 aromatic rings. The molecule has 0 aromatic carbocycles. The molecular weight excluding hydrogens is 213 g/mol. The molecule has 2 rings (SSSR count). The summed E-state index contributed by atoms with van der Waals surface area (Å²) in [6.45, 7) is -0.205. The first kappa shape index (κ1) is 10.3. The summed E-state index contributed by atoms with van der Waals surface area (Å²) in [4.78, 5) is 18.8. The van der Waals surface area contributed by atoms with Crippen molar-refractivity contribution in [1.29, 1.82) is 0 Å². The minimum Gasteiger partial charge on any atom is -0.442 e. The molecule has 0 atom stereocenters. The van der Waals surface area contributed by atoms with Gasteiger partial charge in [0, 0.05) is 18.6 Å². The summed E-state index contributed by atoms with van der Waals surface area (Å²) in [5.74, 6) is -0.499. The van der Waals surface area contributed by atoms with E-state index in [4.69, 9.17) is 4.74 Å². The van der Waals surface area contributed by atoms with Crippen LogP contribution in [0.3, 0.4) is 0 Å². The molecule has 82 valence electrons. The molecule has 2 heterocycles. The van der Waals surface area contributed by atoms with Gasteiger partial charge in [-0.3, -0.25) is 4.98 Å². The molecule has 5 nitrogen and oxygen atoms in total. The van der Waals surface area contributed by atoms with Crippen LogP contribution in [0.4, 0.5) is 9.18 Å². The van der Waals surface area contributed by atoms with Crippen LogP contribution in [0.1, 0.15) is 5.69 Å². The first-order valence-corrected chi connectivity index (χ1v) is 4.52. The van der Waals surface area contributed by atoms with Crippen LogP contribution in [0.2, 0.25) is 0 Å². The van der Waals surface area contributed by atoms with Gasteiger partial charge >= 0.3 is 6.09 Å². The maximum Gasteiger partial charge on any atom is 0.419 e. The largest absolute Gasteiger partial charge is 0.442 e. The molecular formula is C10H8FN3O2. The molecule has 0 aliphatic rings. The van der Waals surface area contributed by atoms with Gasteiger partial charge in [-0.2, -0.15) is 0 Å². The van der Waals surface area contributed by atoms with Crippen molar-refractivity contribution in [2.24, 2.45) is 0 Å². The van der Waals surface area contributed by atoms with E-state index in [0.717, 1.165) is 4.57 Å². The molecule has 2 aromatic heterocycles. The van der Waals surface area contributed by atoms with Gasteiger partial charge in [-0.1, -0.05) is 0 Å². The number of ether oxygens (including phenoxy) is 1. The lowest BCUT2D eigenvalue weighted by Crippen LogP contribution is -2.12. The Labute approximate surface area is 90.5 Å². The monoisotopic (exact) mass is 221 g/mol. The summed E-state index contributed by atoms with van der Waals surface area (Å²) in [7, 11) is 0. The number of hydrogen-bond donors (Lipinski definition) is 0. The lowest BCUT2D eigenvalue weighted by molar-refractivity contribution is 0.138. The number of hydrogen-bond acceptors (Lipinski definition) is 4. The van der Waals surface area contributed by atoms with E-state index in [1.54, 1.807) is 0 Å². The third-order valence-corrected chi connectivity index (χ3v) is 1.88. The molecule has 0 radical (unpaired) electrons. The van der Waals surface area contributed by atoms with Crippen LogP contribution in [0.25, 0.3) is 0 Å². The molecule has 0 fully saturated rings. The number of pyridine rings is 1. The first-order valence-electron chi connectivity index (χ1n) is 4.52. The Balaban J connectivity index is 1.98. The number of carbonyl (C=O) groups excluding carboxylic acids is 1. The van der Waals surface area contributed by atoms with Crippen LogP contribution in [-0.4, -0.2) is 20.6 Å². The molecule has 0 N–H and O–H groups in total. The van der Waals surface area contributed by atoms with Crippen LogP contribution < -0.4 is 0 Å². The van der Waals surface area contributed by atoms with Gasteiger partial charge in [0.2, 0.25) is 0 Å². The molecule has 0 unspecified atom stereocenters. The highest BCUT2D eigenvalue weighted by atomic mass is 19.1. The lowest BCUT2D eigenvalue weighted by atomic mass is 10.3. The summed E-state index contributed by atoms with van der Waals surface area (Å²) in [5, 5.41) is 0. The number of imidazole rings is 1. The van der Waals surface area contributed by atoms with Gasteiger partial charge in [0.25, 0.3) is 0 Å². The Kier molecular flexibility index (Phi) is 2.90. The lowest BCUT2D eigenvalue weighted by Gasteiger charge is -2.04. The highest BCUT2D eigenvalue weighted by Gasteiger charge is 2.08. The fraction of sp³-hybridized carbons (Fsp3) is 0.100. The third-order valence-electron chi connectivity index (χ3n) is 1.88. The second kappa shape index (κ2) is 4.52. The zero-order valence-corrected chi connectivity index (χ0v) is 8.21. The highest BCUT2D eigenvalue weighted by molar-refractivity contribution is 5.69. The van der Waals surface area contributed by atoms with Crippen molar-refractivity contribution >= 4 is 6.09 Å². The molecule has 0 saturated carbocycles. The number of carbonyl (C=O) groups is 1. The van der Waals surface area contributed by atoms with Crippen molar-refractivity contribution in [2.75, 3.05) is 0 Å². The Hall–Kier alpha value is -2.24. The number of aromatic nitrogens is 3. The minimum absolute atomic E-state index is 0.0935. The zero-order valence-electron chi connectivity index (χ0n) is 8.21. The van der Waals surface area contributed by atoms with Crippen molar-refractivity contribution < 1.29 is 13.9 Å². The molecule has 6 heteroatoms. The predicted molar refractivity (Wildman–Crippen MR) is 52.0 cm³/mol. The van der Waals surface area contributed by atoms with Crippen LogP contribution in [0.15, 0.2) is 37.1 Å². The van der Waals surface area contributed by atoms with Gasteiger partial charge in [0.1, 0.15) is 24.4 Å². The van der Waals surface area contributed by atoms with E-state index >= 15 is 0 Å². The van der Waals surface area contributed by atoms with Gasteiger partial charge in [-0.15, -0.1) is 0 Å². The quantitative estimate of drug-likeness (QED) is 0.772. The third kappa shape index (κ3) is 2.22.